The predicted octanol–water partition coefficient (Wildman–Crippen LogP) is 2.32. The summed E-state index contributed by atoms with van der Waals surface area (Å²) in [5, 5.41) is 17.5. The van der Waals surface area contributed by atoms with Gasteiger partial charge in [0.05, 0.1) is 57.7 Å². The molecule has 6 atom stereocenters. The van der Waals surface area contributed by atoms with E-state index in [1.807, 2.05) is 0 Å². The van der Waals surface area contributed by atoms with Crippen LogP contribution in [0.3, 0.4) is 0 Å². The average Bonchev–Trinajstić information content (AvgIpc) is 3.27. The minimum Gasteiger partial charge on any atom is -0.393 e. The van der Waals surface area contributed by atoms with Gasteiger partial charge in [0.2, 0.25) is 17.7 Å². The standard InChI is InChI=1S/C49H79N3O17/c1-32(53)8-11-38(35(4)56)28-42(60)15-17-44(46(62)30-40(37(6)58)12-9-33(2)54)52-48(64)31-69-27-26-68-22-20-50-47(63)19-13-39(36(5)57)29-41(59)14-16-43(45(61)18-10-34(3)55)49(65)51-21-23-67-25-24-66-7/h34,38-40,43-44,55H,8-31H2,1-7H3,(H,50,63)(H,51,65)(H,52,64). The number of aliphatic hydroxyl groups is 1. The lowest BCUT2D eigenvalue weighted by Crippen LogP contribution is -2.44. The highest BCUT2D eigenvalue weighted by molar-refractivity contribution is 6.02. The number of rotatable bonds is 45. The largest absolute Gasteiger partial charge is 0.393 e. The van der Waals surface area contributed by atoms with Crippen LogP contribution in [0, 0.1) is 23.7 Å². The molecule has 0 spiro atoms. The normalized spacial score (nSPS) is 13.7. The molecule has 0 rings (SSSR count). The molecule has 0 aliphatic rings. The first-order chi connectivity index (χ1) is 32.6. The summed E-state index contributed by atoms with van der Waals surface area (Å²) in [4.78, 5) is 150. The summed E-state index contributed by atoms with van der Waals surface area (Å²) in [5.74, 6) is -7.59. The van der Waals surface area contributed by atoms with E-state index in [0.29, 0.717) is 13.2 Å². The highest BCUT2D eigenvalue weighted by Gasteiger charge is 2.30. The summed E-state index contributed by atoms with van der Waals surface area (Å²) in [5.41, 5.74) is 0. The average molecular weight is 982 g/mol. The zero-order valence-electron chi connectivity index (χ0n) is 41.9. The van der Waals surface area contributed by atoms with Crippen LogP contribution < -0.4 is 16.0 Å². The van der Waals surface area contributed by atoms with Crippen molar-refractivity contribution in [3.05, 3.63) is 0 Å². The van der Waals surface area contributed by atoms with Crippen LogP contribution >= 0.6 is 0 Å². The van der Waals surface area contributed by atoms with Crippen LogP contribution in [0.1, 0.15) is 138 Å². The van der Waals surface area contributed by atoms with Gasteiger partial charge >= 0.3 is 0 Å². The van der Waals surface area contributed by atoms with Gasteiger partial charge in [-0.05, 0) is 80.1 Å². The Morgan fingerprint density at radius 3 is 1.46 bits per heavy atom. The lowest BCUT2D eigenvalue weighted by molar-refractivity contribution is -0.136. The molecule has 0 heterocycles. The quantitative estimate of drug-likeness (QED) is 0.0503. The molecule has 3 amide bonds. The van der Waals surface area contributed by atoms with Gasteiger partial charge in [-0.15, -0.1) is 0 Å². The van der Waals surface area contributed by atoms with E-state index in [1.54, 1.807) is 0 Å². The zero-order chi connectivity index (χ0) is 52.3. The van der Waals surface area contributed by atoms with Crippen molar-refractivity contribution in [3.63, 3.8) is 0 Å². The van der Waals surface area contributed by atoms with E-state index in [4.69, 9.17) is 18.9 Å². The number of carbonyl (C=O) groups is 12. The van der Waals surface area contributed by atoms with Crippen molar-refractivity contribution in [2.75, 3.05) is 66.4 Å². The maximum atomic E-state index is 13.4. The monoisotopic (exact) mass is 982 g/mol. The fraction of sp³-hybridized carbons (Fsp3) is 0.755. The molecule has 0 aromatic carbocycles. The van der Waals surface area contributed by atoms with Crippen molar-refractivity contribution in [2.45, 2.75) is 150 Å². The molecule has 6 unspecified atom stereocenters. The molecule has 0 fully saturated rings. The minimum absolute atomic E-state index is 0.0316. The second-order valence-electron chi connectivity index (χ2n) is 17.6. The topological polar surface area (TPSA) is 298 Å². The molecule has 392 valence electrons. The molecule has 69 heavy (non-hydrogen) atoms. The van der Waals surface area contributed by atoms with Crippen LogP contribution in [0.15, 0.2) is 0 Å². The van der Waals surface area contributed by atoms with E-state index in [2.05, 4.69) is 16.0 Å². The molecule has 0 aliphatic carbocycles. The molecule has 20 nitrogen and oxygen atoms in total. The maximum absolute atomic E-state index is 13.4. The molecule has 0 saturated carbocycles. The van der Waals surface area contributed by atoms with Crippen molar-refractivity contribution in [1.82, 2.24) is 16.0 Å². The molecular formula is C49H79N3O17. The highest BCUT2D eigenvalue weighted by atomic mass is 16.5. The van der Waals surface area contributed by atoms with Gasteiger partial charge in [-0.25, -0.2) is 0 Å². The number of methoxy groups -OCH3 is 1. The second kappa shape index (κ2) is 38.0. The molecular weight excluding hydrogens is 903 g/mol. The molecule has 0 aromatic heterocycles. The van der Waals surface area contributed by atoms with Crippen molar-refractivity contribution in [2.24, 2.45) is 23.7 Å². The lowest BCUT2D eigenvalue weighted by atomic mass is 9.88. The van der Waals surface area contributed by atoms with E-state index in [0.717, 1.165) is 0 Å². The Balaban J connectivity index is 5.00. The van der Waals surface area contributed by atoms with Gasteiger partial charge in [0.15, 0.2) is 5.78 Å². The summed E-state index contributed by atoms with van der Waals surface area (Å²) >= 11 is 0. The fourth-order valence-corrected chi connectivity index (χ4v) is 7.02. The van der Waals surface area contributed by atoms with Gasteiger partial charge in [0.1, 0.15) is 52.9 Å². The number of ether oxygens (including phenoxy) is 4. The first-order valence-electron chi connectivity index (χ1n) is 23.9. The van der Waals surface area contributed by atoms with E-state index in [1.165, 1.54) is 48.7 Å². The first-order valence-corrected chi connectivity index (χ1v) is 23.9. The first kappa shape index (κ1) is 64.2. The molecule has 4 N–H and O–H groups in total. The van der Waals surface area contributed by atoms with Crippen LogP contribution in [0.5, 0.6) is 0 Å². The lowest BCUT2D eigenvalue weighted by Gasteiger charge is -2.21. The van der Waals surface area contributed by atoms with Gasteiger partial charge in [0.25, 0.3) is 0 Å². The highest BCUT2D eigenvalue weighted by Crippen LogP contribution is 2.21. The number of aliphatic hydroxyl groups excluding tert-OH is 1. The Morgan fingerprint density at radius 2 is 0.957 bits per heavy atom. The third kappa shape index (κ3) is 33.4. The molecule has 0 bridgehead atoms. The molecule has 0 aliphatic heterocycles. The summed E-state index contributed by atoms with van der Waals surface area (Å²) in [6.07, 6.45) is -1.04. The van der Waals surface area contributed by atoms with Gasteiger partial charge < -0.3 is 49.6 Å². The molecule has 0 saturated heterocycles. The number of hydrogen-bond donors (Lipinski definition) is 4. The van der Waals surface area contributed by atoms with Crippen molar-refractivity contribution in [3.8, 4) is 0 Å². The third-order valence-corrected chi connectivity index (χ3v) is 11.3. The number of carbonyl (C=O) groups excluding carboxylic acids is 12. The Labute approximate surface area is 406 Å². The SMILES string of the molecule is COCCOCCNC(=O)C(CCC(=O)CC(CCC(=O)NCCOCCOCC(=O)NC(CCC(=O)CC(CCC(C)=O)C(C)=O)C(=O)CC(CCC(C)=O)C(C)=O)C(C)=O)C(=O)CCC(C)O. The van der Waals surface area contributed by atoms with E-state index in [-0.39, 0.29) is 182 Å². The van der Waals surface area contributed by atoms with Gasteiger partial charge in [-0.3, -0.25) is 47.9 Å². The second-order valence-corrected chi connectivity index (χ2v) is 17.6. The predicted molar refractivity (Wildman–Crippen MR) is 251 cm³/mol. The van der Waals surface area contributed by atoms with Crippen molar-refractivity contribution < 1.29 is 81.6 Å². The van der Waals surface area contributed by atoms with Gasteiger partial charge in [0, 0.05) is 95.7 Å². The number of nitrogens with one attached hydrogen (secondary N) is 3. The summed E-state index contributed by atoms with van der Waals surface area (Å²) in [6, 6.07) is -1.16. The molecule has 20 heteroatoms. The number of ketones is 9. The Morgan fingerprint density at radius 1 is 0.478 bits per heavy atom. The van der Waals surface area contributed by atoms with Crippen LogP contribution in [0.25, 0.3) is 0 Å². The van der Waals surface area contributed by atoms with Crippen molar-refractivity contribution in [1.29, 1.82) is 0 Å². The number of amides is 3. The fourth-order valence-electron chi connectivity index (χ4n) is 7.02. The third-order valence-electron chi connectivity index (χ3n) is 11.3. The minimum atomic E-state index is -1.16. The summed E-state index contributed by atoms with van der Waals surface area (Å²) in [7, 11) is 1.53. The summed E-state index contributed by atoms with van der Waals surface area (Å²) in [6.45, 7) is 9.01. The van der Waals surface area contributed by atoms with Crippen molar-refractivity contribution >= 4 is 69.8 Å². The molecule has 0 radical (unpaired) electrons. The van der Waals surface area contributed by atoms with Crippen LogP contribution in [0.2, 0.25) is 0 Å². The smallest absolute Gasteiger partial charge is 0.246 e. The van der Waals surface area contributed by atoms with Gasteiger partial charge in [-0.2, -0.15) is 0 Å². The summed E-state index contributed by atoms with van der Waals surface area (Å²) < 4.78 is 21.1. The number of hydrogen-bond acceptors (Lipinski definition) is 17. The number of Topliss-reactive ketones (excluding diaryl/α,β-unsaturated/α-hetero) is 9. The van der Waals surface area contributed by atoms with E-state index in [9.17, 15) is 62.6 Å². The molecule has 0 aromatic rings. The zero-order valence-corrected chi connectivity index (χ0v) is 41.9. The Hall–Kier alpha value is -4.76. The Bertz CT molecular complexity index is 1700. The van der Waals surface area contributed by atoms with Crippen LogP contribution in [0.4, 0.5) is 0 Å². The van der Waals surface area contributed by atoms with E-state index < -0.39 is 65.8 Å². The Kier molecular flexibility index (Phi) is 35.4. The maximum Gasteiger partial charge on any atom is 0.246 e. The van der Waals surface area contributed by atoms with Gasteiger partial charge in [-0.1, -0.05) is 0 Å². The van der Waals surface area contributed by atoms with Crippen LogP contribution in [-0.2, 0) is 76.5 Å². The van der Waals surface area contributed by atoms with E-state index >= 15 is 0 Å². The van der Waals surface area contributed by atoms with Crippen LogP contribution in [-0.4, -0.2) is 153 Å².